The summed E-state index contributed by atoms with van der Waals surface area (Å²) in [5.41, 5.74) is -1.07. The summed E-state index contributed by atoms with van der Waals surface area (Å²) in [5.74, 6) is -1.09. The summed E-state index contributed by atoms with van der Waals surface area (Å²) in [6.07, 6.45) is 1.66. The highest BCUT2D eigenvalue weighted by atomic mass is 16.5. The Morgan fingerprint density at radius 2 is 2.21 bits per heavy atom. The van der Waals surface area contributed by atoms with Crippen molar-refractivity contribution in [3.8, 4) is 0 Å². The Morgan fingerprint density at radius 3 is 2.71 bits per heavy atom. The predicted molar refractivity (Wildman–Crippen MR) is 44.6 cm³/mol. The van der Waals surface area contributed by atoms with E-state index in [4.69, 9.17) is 5.11 Å². The van der Waals surface area contributed by atoms with Gasteiger partial charge in [-0.1, -0.05) is 0 Å². The lowest BCUT2D eigenvalue weighted by Gasteiger charge is -2.03. The van der Waals surface area contributed by atoms with Gasteiger partial charge in [-0.3, -0.25) is 4.79 Å². The average molecular weight is 196 g/mol. The van der Waals surface area contributed by atoms with Crippen LogP contribution in [-0.4, -0.2) is 26.0 Å². The molecule has 0 saturated heterocycles. The fourth-order valence-electron chi connectivity index (χ4n) is 1.21. The van der Waals surface area contributed by atoms with Crippen molar-refractivity contribution in [2.75, 3.05) is 0 Å². The van der Waals surface area contributed by atoms with Crippen LogP contribution in [0.25, 0.3) is 0 Å². The topological polar surface area (TPSA) is 92.4 Å². The molecule has 2 N–H and O–H groups in total. The molecule has 74 valence electrons. The van der Waals surface area contributed by atoms with Gasteiger partial charge in [0.25, 0.3) is 5.56 Å². The van der Waals surface area contributed by atoms with Gasteiger partial charge in [0.2, 0.25) is 0 Å². The Hall–Kier alpha value is -1.85. The maximum Gasteiger partial charge on any atom is 0.354 e. The maximum absolute atomic E-state index is 11.1. The van der Waals surface area contributed by atoms with Crippen molar-refractivity contribution >= 4 is 5.97 Å². The standard InChI is InChI=1S/C8H8N2O4/c11-6-3-5(8(12)13)9-7(10(6)14)4-1-2-4/h3-4,14H,1-2H2,(H,12,13). The Labute approximate surface area is 78.4 Å². The number of nitrogens with zero attached hydrogens (tertiary/aromatic N) is 2. The number of aromatic nitrogens is 2. The van der Waals surface area contributed by atoms with E-state index in [1.54, 1.807) is 0 Å². The first-order valence-electron chi connectivity index (χ1n) is 4.16. The van der Waals surface area contributed by atoms with E-state index in [9.17, 15) is 14.8 Å². The van der Waals surface area contributed by atoms with E-state index >= 15 is 0 Å². The van der Waals surface area contributed by atoms with Gasteiger partial charge < -0.3 is 10.3 Å². The Bertz CT molecular complexity index is 447. The van der Waals surface area contributed by atoms with E-state index in [1.165, 1.54) is 0 Å². The molecule has 1 aromatic heterocycles. The summed E-state index contributed by atoms with van der Waals surface area (Å²) in [7, 11) is 0. The van der Waals surface area contributed by atoms with Crippen molar-refractivity contribution < 1.29 is 15.1 Å². The largest absolute Gasteiger partial charge is 0.477 e. The summed E-state index contributed by atoms with van der Waals surface area (Å²) in [4.78, 5) is 25.4. The number of rotatable bonds is 2. The SMILES string of the molecule is O=C(O)c1cc(=O)n(O)c(C2CC2)n1. The van der Waals surface area contributed by atoms with Crippen molar-refractivity contribution in [2.24, 2.45) is 0 Å². The van der Waals surface area contributed by atoms with Crippen molar-refractivity contribution in [2.45, 2.75) is 18.8 Å². The third kappa shape index (κ3) is 1.34. The zero-order chi connectivity index (χ0) is 10.3. The third-order valence-electron chi connectivity index (χ3n) is 2.08. The molecule has 1 aliphatic rings. The van der Waals surface area contributed by atoms with Crippen molar-refractivity contribution in [3.63, 3.8) is 0 Å². The zero-order valence-corrected chi connectivity index (χ0v) is 7.17. The normalized spacial score (nSPS) is 15.4. The summed E-state index contributed by atoms with van der Waals surface area (Å²) in [6.45, 7) is 0. The molecule has 14 heavy (non-hydrogen) atoms. The predicted octanol–water partition coefficient (Wildman–Crippen LogP) is 0.0562. The minimum Gasteiger partial charge on any atom is -0.477 e. The van der Waals surface area contributed by atoms with Crippen LogP contribution in [0.2, 0.25) is 0 Å². The second-order valence-electron chi connectivity index (χ2n) is 3.23. The van der Waals surface area contributed by atoms with E-state index in [0.717, 1.165) is 18.9 Å². The lowest BCUT2D eigenvalue weighted by molar-refractivity contribution is 0.0687. The van der Waals surface area contributed by atoms with Crippen LogP contribution in [-0.2, 0) is 0 Å². The van der Waals surface area contributed by atoms with Crippen LogP contribution in [0, 0.1) is 0 Å². The molecule has 1 aliphatic carbocycles. The van der Waals surface area contributed by atoms with Crippen molar-refractivity contribution in [1.29, 1.82) is 0 Å². The number of carboxylic acid groups (broad SMARTS) is 1. The van der Waals surface area contributed by atoms with Crippen molar-refractivity contribution in [3.05, 3.63) is 27.9 Å². The second kappa shape index (κ2) is 2.83. The summed E-state index contributed by atoms with van der Waals surface area (Å²) < 4.78 is 0.421. The molecule has 0 unspecified atom stereocenters. The molecule has 0 amide bonds. The quantitative estimate of drug-likeness (QED) is 0.652. The van der Waals surface area contributed by atoms with Gasteiger partial charge in [-0.2, -0.15) is 0 Å². The van der Waals surface area contributed by atoms with E-state index in [2.05, 4.69) is 4.98 Å². The molecule has 2 rings (SSSR count). The molecule has 0 aliphatic heterocycles. The molecule has 1 aromatic rings. The van der Waals surface area contributed by atoms with Gasteiger partial charge in [-0.25, -0.2) is 9.78 Å². The third-order valence-corrected chi connectivity index (χ3v) is 2.08. The number of hydrogen-bond acceptors (Lipinski definition) is 4. The first-order valence-corrected chi connectivity index (χ1v) is 4.16. The van der Waals surface area contributed by atoms with Crippen LogP contribution in [0.3, 0.4) is 0 Å². The Balaban J connectivity index is 2.57. The van der Waals surface area contributed by atoms with Gasteiger partial charge in [-0.15, -0.1) is 4.73 Å². The lowest BCUT2D eigenvalue weighted by atomic mass is 10.3. The molecule has 1 heterocycles. The highest BCUT2D eigenvalue weighted by molar-refractivity contribution is 5.85. The monoisotopic (exact) mass is 196 g/mol. The minimum absolute atomic E-state index is 0.0204. The van der Waals surface area contributed by atoms with Gasteiger partial charge in [0.15, 0.2) is 11.5 Å². The van der Waals surface area contributed by atoms with E-state index in [-0.39, 0.29) is 17.4 Å². The molecule has 0 spiro atoms. The molecule has 1 saturated carbocycles. The van der Waals surface area contributed by atoms with E-state index in [1.807, 2.05) is 0 Å². The molecule has 0 radical (unpaired) electrons. The molecular weight excluding hydrogens is 188 g/mol. The number of hydrogen-bond donors (Lipinski definition) is 2. The highest BCUT2D eigenvalue weighted by Crippen LogP contribution is 2.38. The van der Waals surface area contributed by atoms with Crippen LogP contribution in [0.4, 0.5) is 0 Å². The molecule has 0 bridgehead atoms. The van der Waals surface area contributed by atoms with Crippen LogP contribution in [0.15, 0.2) is 10.9 Å². The van der Waals surface area contributed by atoms with Gasteiger partial charge >= 0.3 is 5.97 Å². The molecule has 6 heteroatoms. The van der Waals surface area contributed by atoms with Gasteiger partial charge in [-0.05, 0) is 12.8 Å². The molecule has 0 atom stereocenters. The van der Waals surface area contributed by atoms with Crippen molar-refractivity contribution in [1.82, 2.24) is 9.71 Å². The highest BCUT2D eigenvalue weighted by Gasteiger charge is 2.30. The second-order valence-corrected chi connectivity index (χ2v) is 3.23. The number of aromatic carboxylic acids is 1. The molecule has 0 aromatic carbocycles. The zero-order valence-electron chi connectivity index (χ0n) is 7.17. The minimum atomic E-state index is -1.26. The fourth-order valence-corrected chi connectivity index (χ4v) is 1.21. The number of carboxylic acids is 1. The van der Waals surface area contributed by atoms with Crippen LogP contribution >= 0.6 is 0 Å². The molecule has 1 fully saturated rings. The fraction of sp³-hybridized carbons (Fsp3) is 0.375. The molecule has 6 nitrogen and oxygen atoms in total. The summed E-state index contributed by atoms with van der Waals surface area (Å²) in [5, 5.41) is 17.9. The first kappa shape index (κ1) is 8.74. The Kier molecular flexibility index (Phi) is 1.77. The smallest absolute Gasteiger partial charge is 0.354 e. The van der Waals surface area contributed by atoms with Crippen LogP contribution in [0.1, 0.15) is 35.1 Å². The lowest BCUT2D eigenvalue weighted by Crippen LogP contribution is -2.24. The average Bonchev–Trinajstić information content (AvgIpc) is 2.92. The van der Waals surface area contributed by atoms with E-state index in [0.29, 0.717) is 4.73 Å². The van der Waals surface area contributed by atoms with Gasteiger partial charge in [0.05, 0.1) is 0 Å². The Morgan fingerprint density at radius 1 is 1.57 bits per heavy atom. The maximum atomic E-state index is 11.1. The van der Waals surface area contributed by atoms with Crippen LogP contribution < -0.4 is 5.56 Å². The van der Waals surface area contributed by atoms with E-state index < -0.39 is 11.5 Å². The van der Waals surface area contributed by atoms with Crippen LogP contribution in [0.5, 0.6) is 0 Å². The summed E-state index contributed by atoms with van der Waals surface area (Å²) in [6, 6.07) is 0.800. The number of carbonyl (C=O) groups is 1. The van der Waals surface area contributed by atoms with Gasteiger partial charge in [0.1, 0.15) is 0 Å². The van der Waals surface area contributed by atoms with Gasteiger partial charge in [0, 0.05) is 12.0 Å². The summed E-state index contributed by atoms with van der Waals surface area (Å²) >= 11 is 0. The first-order chi connectivity index (χ1) is 6.59. The molecular formula is C8H8N2O4.